The summed E-state index contributed by atoms with van der Waals surface area (Å²) < 4.78 is 41.9. The number of likely N-dealkylation sites (tertiary alicyclic amines) is 1. The molecule has 3 aromatic rings. The average Bonchev–Trinajstić information content (AvgIpc) is 3.22. The number of amides is 2. The Labute approximate surface area is 200 Å². The first-order valence-electron chi connectivity index (χ1n) is 11.4. The zero-order chi connectivity index (χ0) is 24.8. The van der Waals surface area contributed by atoms with E-state index >= 15 is 0 Å². The van der Waals surface area contributed by atoms with Crippen molar-refractivity contribution in [3.63, 3.8) is 0 Å². The number of nitrogens with one attached hydrogen (secondary N) is 1. The van der Waals surface area contributed by atoms with Gasteiger partial charge in [-0.3, -0.25) is 4.79 Å². The molecule has 0 unspecified atom stereocenters. The van der Waals surface area contributed by atoms with Gasteiger partial charge in [0.2, 0.25) is 0 Å². The molecule has 3 heterocycles. The van der Waals surface area contributed by atoms with Crippen molar-refractivity contribution in [3.05, 3.63) is 69.9 Å². The van der Waals surface area contributed by atoms with Gasteiger partial charge >= 0.3 is 6.03 Å². The Morgan fingerprint density at radius 3 is 2.49 bits per heavy atom. The summed E-state index contributed by atoms with van der Waals surface area (Å²) in [5, 5.41) is 8.12. The number of fused-ring (bicyclic) bond motifs is 1. The lowest BCUT2D eigenvalue weighted by Crippen LogP contribution is -2.49. The Morgan fingerprint density at radius 1 is 1.09 bits per heavy atom. The second kappa shape index (κ2) is 8.91. The van der Waals surface area contributed by atoms with E-state index in [0.717, 1.165) is 10.5 Å². The Morgan fingerprint density at radius 2 is 1.80 bits per heavy atom. The molecule has 0 aliphatic carbocycles. The molecule has 0 bridgehead atoms. The lowest BCUT2D eigenvalue weighted by atomic mass is 10.0. The molecule has 11 heteroatoms. The van der Waals surface area contributed by atoms with E-state index < -0.39 is 31.8 Å². The zero-order valence-corrected chi connectivity index (χ0v) is 19.8. The van der Waals surface area contributed by atoms with Gasteiger partial charge in [-0.2, -0.15) is 5.10 Å². The van der Waals surface area contributed by atoms with Gasteiger partial charge in [0, 0.05) is 24.8 Å². The lowest BCUT2D eigenvalue weighted by Gasteiger charge is -2.34. The summed E-state index contributed by atoms with van der Waals surface area (Å²) >= 11 is 0. The molecule has 2 aliphatic heterocycles. The van der Waals surface area contributed by atoms with Crippen LogP contribution < -0.4 is 10.9 Å². The van der Waals surface area contributed by atoms with Crippen LogP contribution in [0.2, 0.25) is 0 Å². The van der Waals surface area contributed by atoms with E-state index in [2.05, 4.69) is 10.2 Å². The third-order valence-corrected chi connectivity index (χ3v) is 9.92. The SMILES string of the molecule is O=C(N1CC[P+](O)(c2cc(Cc3n[nH]c(=O)c4ccccc34)ccc2F)CC1)N1CCC(F)(F)C1. The molecule has 0 saturated carbocycles. The van der Waals surface area contributed by atoms with Crippen LogP contribution in [0.3, 0.4) is 0 Å². The number of benzene rings is 2. The van der Waals surface area contributed by atoms with E-state index in [1.54, 1.807) is 30.3 Å². The molecule has 2 saturated heterocycles. The van der Waals surface area contributed by atoms with Gasteiger partial charge in [-0.25, -0.2) is 28.0 Å². The van der Waals surface area contributed by atoms with E-state index in [-0.39, 0.29) is 49.2 Å². The monoisotopic (exact) mass is 505 g/mol. The summed E-state index contributed by atoms with van der Waals surface area (Å²) in [6, 6.07) is 11.2. The molecule has 5 rings (SSSR count). The van der Waals surface area contributed by atoms with Crippen molar-refractivity contribution in [1.29, 1.82) is 0 Å². The fraction of sp³-hybridized carbons (Fsp3) is 0.375. The third-order valence-electron chi connectivity index (χ3n) is 6.80. The molecular formula is C24H25F3N4O3P+. The molecule has 2 aliphatic rings. The highest BCUT2D eigenvalue weighted by molar-refractivity contribution is 7.77. The van der Waals surface area contributed by atoms with E-state index in [1.165, 1.54) is 11.0 Å². The maximum absolute atomic E-state index is 14.9. The first kappa shape index (κ1) is 23.8. The Balaban J connectivity index is 1.34. The topological polar surface area (TPSA) is 89.5 Å². The van der Waals surface area contributed by atoms with Crippen LogP contribution in [0.15, 0.2) is 47.3 Å². The zero-order valence-electron chi connectivity index (χ0n) is 18.9. The quantitative estimate of drug-likeness (QED) is 0.536. The molecule has 7 nitrogen and oxygen atoms in total. The van der Waals surface area contributed by atoms with Gasteiger partial charge in [-0.15, -0.1) is 0 Å². The number of aromatic nitrogens is 2. The second-order valence-corrected chi connectivity index (χ2v) is 12.4. The average molecular weight is 505 g/mol. The van der Waals surface area contributed by atoms with Crippen LogP contribution in [0.25, 0.3) is 10.8 Å². The number of alkyl halides is 2. The number of nitrogens with zero attached hydrogens (tertiary/aromatic N) is 3. The number of aromatic amines is 1. The van der Waals surface area contributed by atoms with Gasteiger partial charge in [0.25, 0.3) is 11.5 Å². The lowest BCUT2D eigenvalue weighted by molar-refractivity contribution is 0.0139. The van der Waals surface area contributed by atoms with E-state index in [1.807, 2.05) is 6.07 Å². The van der Waals surface area contributed by atoms with E-state index in [9.17, 15) is 27.7 Å². The van der Waals surface area contributed by atoms with Crippen LogP contribution in [0, 0.1) is 5.82 Å². The number of H-pyrrole nitrogens is 1. The Bertz CT molecular complexity index is 1340. The largest absolute Gasteiger partial charge is 0.320 e. The van der Waals surface area contributed by atoms with Crippen molar-refractivity contribution >= 4 is 29.6 Å². The van der Waals surface area contributed by atoms with Crippen molar-refractivity contribution in [3.8, 4) is 0 Å². The minimum absolute atomic E-state index is 0.00584. The number of carbonyl (C=O) groups excluding carboxylic acids is 1. The summed E-state index contributed by atoms with van der Waals surface area (Å²) in [6.45, 7) is -0.223. The molecule has 2 fully saturated rings. The molecule has 0 spiro atoms. The Kier molecular flexibility index (Phi) is 6.05. The minimum Gasteiger partial charge on any atom is -0.318 e. The van der Waals surface area contributed by atoms with Gasteiger partial charge in [0.15, 0.2) is 18.6 Å². The summed E-state index contributed by atoms with van der Waals surface area (Å²) in [5.74, 6) is -3.38. The number of hydrogen-bond acceptors (Lipinski definition) is 4. The van der Waals surface area contributed by atoms with Crippen molar-refractivity contribution in [2.75, 3.05) is 38.5 Å². The summed E-state index contributed by atoms with van der Waals surface area (Å²) in [7, 11) is -2.89. The number of hydrogen-bond donors (Lipinski definition) is 2. The molecule has 35 heavy (non-hydrogen) atoms. The third kappa shape index (κ3) is 4.65. The highest BCUT2D eigenvalue weighted by Crippen LogP contribution is 2.55. The Hall–Kier alpha value is -2.97. The van der Waals surface area contributed by atoms with Crippen molar-refractivity contribution in [2.45, 2.75) is 18.8 Å². The predicted molar refractivity (Wildman–Crippen MR) is 128 cm³/mol. The van der Waals surface area contributed by atoms with Gasteiger partial charge in [-0.1, -0.05) is 24.3 Å². The fourth-order valence-corrected chi connectivity index (χ4v) is 7.54. The summed E-state index contributed by atoms with van der Waals surface area (Å²) in [4.78, 5) is 38.7. The number of rotatable bonds is 3. The van der Waals surface area contributed by atoms with E-state index in [4.69, 9.17) is 0 Å². The van der Waals surface area contributed by atoms with Crippen LogP contribution in [0.1, 0.15) is 17.7 Å². The van der Waals surface area contributed by atoms with Crippen LogP contribution >= 0.6 is 7.49 Å². The predicted octanol–water partition coefficient (Wildman–Crippen LogP) is 2.98. The molecule has 2 aromatic carbocycles. The summed E-state index contributed by atoms with van der Waals surface area (Å²) in [5.41, 5.74) is 1.08. The summed E-state index contributed by atoms with van der Waals surface area (Å²) in [6.07, 6.45) is 0.381. The highest BCUT2D eigenvalue weighted by atomic mass is 31.2. The molecule has 0 atom stereocenters. The molecule has 2 N–H and O–H groups in total. The maximum atomic E-state index is 14.9. The van der Waals surface area contributed by atoms with Crippen LogP contribution in [0.4, 0.5) is 18.0 Å². The maximum Gasteiger partial charge on any atom is 0.320 e. The second-order valence-electron chi connectivity index (χ2n) is 9.17. The van der Waals surface area contributed by atoms with Crippen molar-refractivity contribution in [1.82, 2.24) is 20.0 Å². The highest BCUT2D eigenvalue weighted by Gasteiger charge is 2.47. The molecule has 1 aromatic heterocycles. The van der Waals surface area contributed by atoms with Crippen LogP contribution in [-0.4, -0.2) is 75.3 Å². The first-order chi connectivity index (χ1) is 16.7. The molecule has 184 valence electrons. The van der Waals surface area contributed by atoms with Gasteiger partial charge in [0.05, 0.1) is 30.7 Å². The van der Waals surface area contributed by atoms with Crippen molar-refractivity contribution in [2.24, 2.45) is 0 Å². The minimum atomic E-state index is -2.89. The molecular weight excluding hydrogens is 480 g/mol. The molecule has 0 radical (unpaired) electrons. The smallest absolute Gasteiger partial charge is 0.318 e. The number of urea groups is 1. The number of halogens is 3. The first-order valence-corrected chi connectivity index (χ1v) is 13.5. The van der Waals surface area contributed by atoms with E-state index in [0.29, 0.717) is 22.9 Å². The van der Waals surface area contributed by atoms with Crippen molar-refractivity contribution < 1.29 is 22.9 Å². The molecule has 2 amide bonds. The fourth-order valence-electron chi connectivity index (χ4n) is 4.81. The van der Waals surface area contributed by atoms with Crippen LogP contribution in [0.5, 0.6) is 0 Å². The standard InChI is InChI=1S/C24H24F3N4O3P/c25-19-6-5-16(13-20-17-3-1-2-4-18(17)22(32)29-28-20)14-21(19)35(34)11-9-30(10-12-35)23(33)31-8-7-24(26,27)15-31/h1-6,14,34H,7-13,15H2/p+1. The normalized spacial score (nSPS) is 19.3. The number of carbonyl (C=O) groups is 1. The van der Waals surface area contributed by atoms with Gasteiger partial charge in [0.1, 0.15) is 12.3 Å². The van der Waals surface area contributed by atoms with Gasteiger partial charge < -0.3 is 9.80 Å². The van der Waals surface area contributed by atoms with Crippen LogP contribution in [-0.2, 0) is 6.42 Å². The van der Waals surface area contributed by atoms with Gasteiger partial charge in [-0.05, 0) is 23.8 Å².